The fraction of sp³-hybridized carbons (Fsp3) is 0.409. The fourth-order valence-corrected chi connectivity index (χ4v) is 5.13. The lowest BCUT2D eigenvalue weighted by molar-refractivity contribution is -0.166. The van der Waals surface area contributed by atoms with E-state index in [1.165, 1.54) is 17.5 Å². The van der Waals surface area contributed by atoms with Crippen molar-refractivity contribution in [3.8, 4) is 11.5 Å². The molecule has 0 spiro atoms. The van der Waals surface area contributed by atoms with E-state index in [0.29, 0.717) is 22.8 Å². The van der Waals surface area contributed by atoms with Crippen molar-refractivity contribution in [2.45, 2.75) is 37.0 Å². The molecule has 2 atom stereocenters. The molecule has 2 N–H and O–H groups in total. The summed E-state index contributed by atoms with van der Waals surface area (Å²) in [5, 5.41) is 15.4. The molecule has 0 radical (unpaired) electrons. The number of benzene rings is 1. The fourth-order valence-electron chi connectivity index (χ4n) is 4.40. The van der Waals surface area contributed by atoms with Crippen molar-refractivity contribution in [1.29, 1.82) is 0 Å². The van der Waals surface area contributed by atoms with Gasteiger partial charge in [0, 0.05) is 31.1 Å². The first kappa shape index (κ1) is 22.7. The van der Waals surface area contributed by atoms with Crippen molar-refractivity contribution >= 4 is 33.5 Å². The van der Waals surface area contributed by atoms with Gasteiger partial charge >= 0.3 is 12.1 Å². The Morgan fingerprint density at radius 1 is 1.29 bits per heavy atom. The van der Waals surface area contributed by atoms with Crippen LogP contribution in [-0.2, 0) is 11.2 Å². The molecule has 1 aromatic carbocycles. The SMILES string of the molecule is O=C(O)C1(NCCc2ccc3c(c2)OCO3)CCN(c2ncc3ccsc3n2)C(C(F)(F)F)C1. The number of carboxylic acids is 1. The first-order valence-corrected chi connectivity index (χ1v) is 11.5. The number of hydrogen-bond donors (Lipinski definition) is 2. The van der Waals surface area contributed by atoms with Crippen molar-refractivity contribution in [2.24, 2.45) is 0 Å². The normalized spacial score (nSPS) is 22.3. The number of rotatable bonds is 6. The van der Waals surface area contributed by atoms with E-state index in [9.17, 15) is 23.1 Å². The lowest BCUT2D eigenvalue weighted by Crippen LogP contribution is -2.65. The van der Waals surface area contributed by atoms with Crippen LogP contribution in [0.4, 0.5) is 19.1 Å². The second-order valence-electron chi connectivity index (χ2n) is 8.31. The molecule has 180 valence electrons. The van der Waals surface area contributed by atoms with Gasteiger partial charge in [-0.25, -0.2) is 9.97 Å². The van der Waals surface area contributed by atoms with Crippen molar-refractivity contribution in [1.82, 2.24) is 15.3 Å². The summed E-state index contributed by atoms with van der Waals surface area (Å²) in [5.74, 6) is -0.126. The van der Waals surface area contributed by atoms with E-state index < -0.39 is 30.1 Å². The highest BCUT2D eigenvalue weighted by Crippen LogP contribution is 2.39. The topological polar surface area (TPSA) is 96.8 Å². The molecule has 3 aromatic rings. The zero-order valence-electron chi connectivity index (χ0n) is 17.8. The van der Waals surface area contributed by atoms with Crippen LogP contribution < -0.4 is 19.7 Å². The van der Waals surface area contributed by atoms with Gasteiger partial charge in [-0.3, -0.25) is 4.79 Å². The van der Waals surface area contributed by atoms with E-state index in [2.05, 4.69) is 15.3 Å². The van der Waals surface area contributed by atoms with Crippen LogP contribution in [0.25, 0.3) is 10.2 Å². The molecular weight excluding hydrogens is 473 g/mol. The number of anilines is 1. The van der Waals surface area contributed by atoms with Gasteiger partial charge in [0.15, 0.2) is 11.5 Å². The van der Waals surface area contributed by atoms with Crippen LogP contribution in [0.1, 0.15) is 18.4 Å². The summed E-state index contributed by atoms with van der Waals surface area (Å²) in [6, 6.07) is 5.12. The molecule has 0 saturated carbocycles. The Morgan fingerprint density at radius 3 is 2.91 bits per heavy atom. The molecule has 1 fully saturated rings. The molecule has 12 heteroatoms. The Morgan fingerprint density at radius 2 is 2.12 bits per heavy atom. The number of aliphatic carboxylic acids is 1. The molecule has 8 nitrogen and oxygen atoms in total. The minimum absolute atomic E-state index is 0.0259. The Bertz CT molecular complexity index is 1220. The minimum Gasteiger partial charge on any atom is -0.480 e. The second kappa shape index (κ2) is 8.58. The van der Waals surface area contributed by atoms with E-state index >= 15 is 0 Å². The number of carboxylic acid groups (broad SMARTS) is 1. The number of alkyl halides is 3. The molecule has 0 amide bonds. The summed E-state index contributed by atoms with van der Waals surface area (Å²) in [6.07, 6.45) is -3.43. The average molecular weight is 494 g/mol. The summed E-state index contributed by atoms with van der Waals surface area (Å²) in [7, 11) is 0. The first-order chi connectivity index (χ1) is 16.2. The first-order valence-electron chi connectivity index (χ1n) is 10.7. The number of halogens is 3. The van der Waals surface area contributed by atoms with Gasteiger partial charge in [0.2, 0.25) is 12.7 Å². The van der Waals surface area contributed by atoms with Gasteiger partial charge in [-0.05, 0) is 42.0 Å². The van der Waals surface area contributed by atoms with Crippen LogP contribution in [0.2, 0.25) is 0 Å². The van der Waals surface area contributed by atoms with Gasteiger partial charge in [-0.15, -0.1) is 11.3 Å². The maximum absolute atomic E-state index is 14.1. The lowest BCUT2D eigenvalue weighted by atomic mass is 9.82. The number of thiophene rings is 1. The number of hydrogen-bond acceptors (Lipinski definition) is 8. The second-order valence-corrected chi connectivity index (χ2v) is 9.20. The number of nitrogens with one attached hydrogen (secondary N) is 1. The number of fused-ring (bicyclic) bond motifs is 2. The van der Waals surface area contributed by atoms with Crippen LogP contribution in [0.3, 0.4) is 0 Å². The third-order valence-electron chi connectivity index (χ3n) is 6.25. The van der Waals surface area contributed by atoms with Crippen LogP contribution in [0.5, 0.6) is 11.5 Å². The summed E-state index contributed by atoms with van der Waals surface area (Å²) in [6.45, 7) is 0.177. The highest BCUT2D eigenvalue weighted by Gasteiger charge is 2.55. The third-order valence-corrected chi connectivity index (χ3v) is 7.07. The van der Waals surface area contributed by atoms with E-state index in [-0.39, 0.29) is 32.3 Å². The highest BCUT2D eigenvalue weighted by molar-refractivity contribution is 7.16. The number of ether oxygens (including phenoxy) is 2. The van der Waals surface area contributed by atoms with Gasteiger partial charge in [0.1, 0.15) is 16.4 Å². The van der Waals surface area contributed by atoms with E-state index in [1.54, 1.807) is 23.6 Å². The summed E-state index contributed by atoms with van der Waals surface area (Å²) in [4.78, 5) is 22.3. The van der Waals surface area contributed by atoms with Gasteiger partial charge in [0.05, 0.1) is 0 Å². The Hall–Kier alpha value is -3.12. The number of carbonyl (C=O) groups is 1. The lowest BCUT2D eigenvalue weighted by Gasteiger charge is -2.45. The Kier molecular flexibility index (Phi) is 5.72. The number of nitrogens with zero attached hydrogens (tertiary/aromatic N) is 3. The molecule has 5 rings (SSSR count). The predicted octanol–water partition coefficient (Wildman–Crippen LogP) is 3.61. The van der Waals surface area contributed by atoms with Crippen LogP contribution in [-0.4, -0.2) is 58.7 Å². The van der Waals surface area contributed by atoms with Crippen molar-refractivity contribution in [3.63, 3.8) is 0 Å². The molecule has 2 aliphatic rings. The van der Waals surface area contributed by atoms with Gasteiger partial charge in [-0.2, -0.15) is 13.2 Å². The largest absolute Gasteiger partial charge is 0.480 e. The van der Waals surface area contributed by atoms with Gasteiger partial charge in [-0.1, -0.05) is 6.07 Å². The number of aromatic nitrogens is 2. The Labute approximate surface area is 196 Å². The smallest absolute Gasteiger partial charge is 0.408 e. The predicted molar refractivity (Wildman–Crippen MR) is 118 cm³/mol. The molecular formula is C22H21F3N4O4S. The van der Waals surface area contributed by atoms with E-state index in [1.807, 2.05) is 6.07 Å². The standard InChI is InChI=1S/C22H21F3N4O4S/c23-22(24,25)17-10-21(19(30)31,27-6-3-13-1-2-15-16(9-13)33-12-32-15)5-7-29(17)20-26-11-14-4-8-34-18(14)28-20/h1-2,4,8-9,11,17,27H,3,5-7,10,12H2,(H,30,31). The monoisotopic (exact) mass is 494 g/mol. The number of piperidine rings is 1. The molecule has 2 aliphatic heterocycles. The zero-order valence-corrected chi connectivity index (χ0v) is 18.7. The van der Waals surface area contributed by atoms with E-state index in [4.69, 9.17) is 9.47 Å². The molecule has 0 aliphatic carbocycles. The van der Waals surface area contributed by atoms with Crippen molar-refractivity contribution < 1.29 is 32.5 Å². The maximum Gasteiger partial charge on any atom is 0.408 e. The summed E-state index contributed by atoms with van der Waals surface area (Å²) in [5.41, 5.74) is -0.861. The molecule has 2 unspecified atom stereocenters. The van der Waals surface area contributed by atoms with E-state index in [0.717, 1.165) is 15.8 Å². The van der Waals surface area contributed by atoms with Crippen LogP contribution in [0.15, 0.2) is 35.8 Å². The summed E-state index contributed by atoms with van der Waals surface area (Å²) < 4.78 is 52.9. The minimum atomic E-state index is -4.66. The van der Waals surface area contributed by atoms with Crippen LogP contribution in [0, 0.1) is 0 Å². The van der Waals surface area contributed by atoms with Gasteiger partial charge in [0.25, 0.3) is 0 Å². The maximum atomic E-state index is 14.1. The average Bonchev–Trinajstić information content (AvgIpc) is 3.46. The highest BCUT2D eigenvalue weighted by atomic mass is 32.1. The van der Waals surface area contributed by atoms with Crippen molar-refractivity contribution in [2.75, 3.05) is 24.8 Å². The molecule has 2 aromatic heterocycles. The molecule has 4 heterocycles. The van der Waals surface area contributed by atoms with Gasteiger partial charge < -0.3 is 24.8 Å². The Balaban J connectivity index is 1.34. The summed E-state index contributed by atoms with van der Waals surface area (Å²) >= 11 is 1.31. The quantitative estimate of drug-likeness (QED) is 0.537. The zero-order chi connectivity index (χ0) is 23.9. The molecule has 1 saturated heterocycles. The third kappa shape index (κ3) is 4.23. The molecule has 0 bridgehead atoms. The molecule has 34 heavy (non-hydrogen) atoms. The van der Waals surface area contributed by atoms with Crippen LogP contribution >= 0.6 is 11.3 Å². The van der Waals surface area contributed by atoms with Crippen molar-refractivity contribution in [3.05, 3.63) is 41.4 Å².